The number of hydrogen-bond donors (Lipinski definition) is 3. The number of nitrogens with zero attached hydrogens (tertiary/aromatic N) is 2. The van der Waals surface area contributed by atoms with Gasteiger partial charge in [0.25, 0.3) is 5.91 Å². The molecule has 2 aromatic carbocycles. The van der Waals surface area contributed by atoms with Crippen molar-refractivity contribution in [3.63, 3.8) is 0 Å². The zero-order chi connectivity index (χ0) is 23.7. The van der Waals surface area contributed by atoms with Crippen LogP contribution in [0.3, 0.4) is 0 Å². The molecule has 0 atom stereocenters. The van der Waals surface area contributed by atoms with E-state index in [2.05, 4.69) is 14.9 Å². The van der Waals surface area contributed by atoms with Gasteiger partial charge >= 0.3 is 14.0 Å². The predicted molar refractivity (Wildman–Crippen MR) is 111 cm³/mol. The van der Waals surface area contributed by atoms with Crippen molar-refractivity contribution in [1.29, 1.82) is 0 Å². The third kappa shape index (κ3) is 8.14. The fraction of sp³-hybridized carbons (Fsp3) is 0.111. The molecule has 0 aliphatic rings. The van der Waals surface area contributed by atoms with Crippen LogP contribution in [0, 0.1) is 11.6 Å². The summed E-state index contributed by atoms with van der Waals surface area (Å²) in [6.45, 7) is -0.449. The van der Waals surface area contributed by atoms with Crippen molar-refractivity contribution in [2.75, 3.05) is 5.32 Å². The number of halogens is 5. The smallest absolute Gasteiger partial charge is 0.404 e. The Kier molecular flexibility index (Phi) is 11.0. The van der Waals surface area contributed by atoms with Crippen molar-refractivity contribution >= 4 is 78.7 Å². The summed E-state index contributed by atoms with van der Waals surface area (Å²) in [6.07, 6.45) is -3.66. The van der Waals surface area contributed by atoms with Gasteiger partial charge in [-0.05, 0) is 29.8 Å². The minimum Gasteiger partial charge on any atom is -0.404 e. The Bertz CT molecular complexity index is 1200. The van der Waals surface area contributed by atoms with E-state index in [9.17, 15) is 31.3 Å². The summed E-state index contributed by atoms with van der Waals surface area (Å²) >= 11 is 0. The minimum atomic E-state index is -5.06. The van der Waals surface area contributed by atoms with E-state index in [1.807, 2.05) is 0 Å². The summed E-state index contributed by atoms with van der Waals surface area (Å²) in [5.41, 5.74) is -2.39. The molecule has 0 saturated carbocycles. The molecule has 0 saturated heterocycles. The first-order valence-electron chi connectivity index (χ1n) is 8.57. The van der Waals surface area contributed by atoms with Crippen LogP contribution in [-0.4, -0.2) is 84.6 Å². The van der Waals surface area contributed by atoms with E-state index < -0.39 is 55.0 Å². The second kappa shape index (κ2) is 12.1. The van der Waals surface area contributed by atoms with Gasteiger partial charge < -0.3 is 9.84 Å². The summed E-state index contributed by atoms with van der Waals surface area (Å²) in [5, 5.41) is 6.00. The monoisotopic (exact) mass is 523 g/mol. The number of anilines is 1. The third-order valence-corrected chi connectivity index (χ3v) is 4.46. The number of carbonyl (C=O) groups excluding carboxylic acids is 1. The third-order valence-electron chi connectivity index (χ3n) is 4.02. The van der Waals surface area contributed by atoms with Crippen molar-refractivity contribution in [2.45, 2.75) is 12.7 Å². The molecule has 0 spiro atoms. The summed E-state index contributed by atoms with van der Waals surface area (Å²) in [6, 6.07) is 6.37. The summed E-state index contributed by atoms with van der Waals surface area (Å²) in [7, 11) is -5.06. The second-order valence-corrected chi connectivity index (χ2v) is 7.51. The second-order valence-electron chi connectivity index (χ2n) is 6.35. The number of benzene rings is 2. The van der Waals surface area contributed by atoms with Gasteiger partial charge in [-0.1, -0.05) is 12.1 Å². The molecule has 0 aliphatic heterocycles. The molecule has 3 N–H and O–H groups in total. The Labute approximate surface area is 233 Å². The van der Waals surface area contributed by atoms with Gasteiger partial charge in [0.05, 0.1) is 12.1 Å². The van der Waals surface area contributed by atoms with Crippen LogP contribution in [0.2, 0.25) is 0 Å². The van der Waals surface area contributed by atoms with E-state index in [0.717, 1.165) is 35.0 Å². The SMILES string of the molecule is O=C(Nc1ccn(Cc2ccc(OP(=O)(O)O)cc2C(F)(F)F)n1)c1c(F)cccc1F.[Na].[Na]. The molecule has 3 rings (SSSR count). The molecular weight excluding hydrogens is 510 g/mol. The van der Waals surface area contributed by atoms with Crippen molar-refractivity contribution in [1.82, 2.24) is 9.78 Å². The number of rotatable bonds is 6. The van der Waals surface area contributed by atoms with Gasteiger partial charge in [0.15, 0.2) is 5.82 Å². The van der Waals surface area contributed by atoms with Crippen LogP contribution in [-0.2, 0) is 17.3 Å². The fourth-order valence-electron chi connectivity index (χ4n) is 2.74. The van der Waals surface area contributed by atoms with Crippen molar-refractivity contribution in [2.24, 2.45) is 0 Å². The number of hydrogen-bond acceptors (Lipinski definition) is 4. The average Bonchev–Trinajstić information content (AvgIpc) is 3.07. The van der Waals surface area contributed by atoms with Crippen LogP contribution in [0.4, 0.5) is 27.8 Å². The number of phosphoric ester groups is 1. The fourth-order valence-corrected chi connectivity index (χ4v) is 3.12. The normalized spacial score (nSPS) is 11.3. The van der Waals surface area contributed by atoms with Crippen LogP contribution < -0.4 is 9.84 Å². The maximum absolute atomic E-state index is 13.7. The van der Waals surface area contributed by atoms with Crippen LogP contribution in [0.5, 0.6) is 5.75 Å². The number of aromatic nitrogens is 2. The van der Waals surface area contributed by atoms with Crippen LogP contribution in [0.25, 0.3) is 0 Å². The van der Waals surface area contributed by atoms with Crippen LogP contribution in [0.15, 0.2) is 48.7 Å². The van der Waals surface area contributed by atoms with Gasteiger partial charge in [-0.15, -0.1) is 0 Å². The van der Waals surface area contributed by atoms with Gasteiger partial charge in [-0.3, -0.25) is 19.3 Å². The Morgan fingerprint density at radius 2 is 1.71 bits per heavy atom. The molecule has 2 radical (unpaired) electrons. The van der Waals surface area contributed by atoms with E-state index in [4.69, 9.17) is 9.79 Å². The first kappa shape index (κ1) is 30.8. The standard InChI is InChI=1S/C18H13F5N3O5P.2Na/c19-13-2-1-3-14(20)16(13)17(27)24-15-6-7-26(25-15)9-10-4-5-11(31-32(28,29)30)8-12(10)18(21,22)23;;/h1-8H,9H2,(H,24,25,27)(H2,28,29,30);;. The number of carbonyl (C=O) groups is 1. The number of alkyl halides is 3. The molecule has 1 aromatic heterocycles. The van der Waals surface area contributed by atoms with E-state index in [0.29, 0.717) is 6.07 Å². The first-order valence-corrected chi connectivity index (χ1v) is 10.1. The topological polar surface area (TPSA) is 114 Å². The van der Waals surface area contributed by atoms with E-state index in [1.165, 1.54) is 12.3 Å². The van der Waals surface area contributed by atoms with E-state index in [-0.39, 0.29) is 70.5 Å². The van der Waals surface area contributed by atoms with Gasteiger partial charge in [-0.2, -0.15) is 18.3 Å². The van der Waals surface area contributed by atoms with Gasteiger partial charge in [0, 0.05) is 71.4 Å². The predicted octanol–water partition coefficient (Wildman–Crippen LogP) is 3.19. The number of nitrogens with one attached hydrogen (secondary N) is 1. The molecule has 3 aromatic rings. The quantitative estimate of drug-likeness (QED) is 0.260. The molecule has 0 bridgehead atoms. The van der Waals surface area contributed by atoms with Crippen molar-refractivity contribution < 1.29 is 45.6 Å². The summed E-state index contributed by atoms with van der Waals surface area (Å²) in [4.78, 5) is 29.6. The Morgan fingerprint density at radius 1 is 1.09 bits per heavy atom. The first-order chi connectivity index (χ1) is 14.8. The molecule has 0 fully saturated rings. The molecule has 16 heteroatoms. The largest absolute Gasteiger partial charge is 0.524 e. The Balaban J connectivity index is 0.00000289. The van der Waals surface area contributed by atoms with Gasteiger partial charge in [0.2, 0.25) is 0 Å². The maximum atomic E-state index is 13.7. The summed E-state index contributed by atoms with van der Waals surface area (Å²) < 4.78 is 83.7. The van der Waals surface area contributed by atoms with E-state index >= 15 is 0 Å². The number of phosphoric acid groups is 1. The Hall–Kier alpha value is -1.28. The molecule has 0 aliphatic carbocycles. The van der Waals surface area contributed by atoms with Crippen LogP contribution in [0.1, 0.15) is 21.5 Å². The molecular formula is C18H13F5N3Na2O5P. The molecule has 1 amide bonds. The van der Waals surface area contributed by atoms with Crippen molar-refractivity contribution in [3.8, 4) is 5.75 Å². The van der Waals surface area contributed by atoms with Crippen LogP contribution >= 0.6 is 7.82 Å². The summed E-state index contributed by atoms with van der Waals surface area (Å²) in [5.74, 6) is -4.20. The number of amides is 1. The zero-order valence-electron chi connectivity index (χ0n) is 17.7. The van der Waals surface area contributed by atoms with Crippen molar-refractivity contribution in [3.05, 3.63) is 77.0 Å². The maximum Gasteiger partial charge on any atom is 0.524 e. The minimum absolute atomic E-state index is 0. The Morgan fingerprint density at radius 3 is 2.26 bits per heavy atom. The average molecular weight is 523 g/mol. The molecule has 1 heterocycles. The van der Waals surface area contributed by atoms with Gasteiger partial charge in [0.1, 0.15) is 22.9 Å². The molecule has 8 nitrogen and oxygen atoms in total. The zero-order valence-corrected chi connectivity index (χ0v) is 22.6. The molecule has 34 heavy (non-hydrogen) atoms. The molecule has 172 valence electrons. The van der Waals surface area contributed by atoms with Gasteiger partial charge in [-0.25, -0.2) is 13.3 Å². The van der Waals surface area contributed by atoms with E-state index in [1.54, 1.807) is 0 Å². The molecule has 0 unspecified atom stereocenters.